The van der Waals surface area contributed by atoms with Gasteiger partial charge in [-0.1, -0.05) is 18.2 Å². The highest BCUT2D eigenvalue weighted by molar-refractivity contribution is 7.15. The Labute approximate surface area is 117 Å². The standard InChI is InChI=1S/C15H18N2OS/c1-9-5-6-11(7-10(9)2)12-8-19-14(16)13(12)15(18)17(3)4/h5-8H,16H2,1-4H3. The number of hydrogen-bond acceptors (Lipinski definition) is 3. The Hall–Kier alpha value is -1.81. The van der Waals surface area contributed by atoms with Gasteiger partial charge in [-0.25, -0.2) is 0 Å². The number of nitrogens with zero attached hydrogens (tertiary/aromatic N) is 1. The summed E-state index contributed by atoms with van der Waals surface area (Å²) in [6.07, 6.45) is 0. The molecule has 19 heavy (non-hydrogen) atoms. The van der Waals surface area contributed by atoms with Crippen molar-refractivity contribution in [2.75, 3.05) is 19.8 Å². The number of anilines is 1. The van der Waals surface area contributed by atoms with Gasteiger partial charge in [0.2, 0.25) is 0 Å². The minimum absolute atomic E-state index is 0.0491. The lowest BCUT2D eigenvalue weighted by Crippen LogP contribution is -2.22. The molecule has 0 fully saturated rings. The van der Waals surface area contributed by atoms with Crippen LogP contribution in [0.3, 0.4) is 0 Å². The number of amides is 1. The molecule has 0 aliphatic carbocycles. The largest absolute Gasteiger partial charge is 0.390 e. The van der Waals surface area contributed by atoms with E-state index in [1.54, 1.807) is 19.0 Å². The van der Waals surface area contributed by atoms with Crippen LogP contribution >= 0.6 is 11.3 Å². The van der Waals surface area contributed by atoms with Crippen LogP contribution in [0.4, 0.5) is 5.00 Å². The van der Waals surface area contributed by atoms with Crippen molar-refractivity contribution in [1.82, 2.24) is 4.90 Å². The van der Waals surface area contributed by atoms with Crippen molar-refractivity contribution in [3.05, 3.63) is 40.3 Å². The number of carbonyl (C=O) groups is 1. The summed E-state index contributed by atoms with van der Waals surface area (Å²) in [6, 6.07) is 6.21. The van der Waals surface area contributed by atoms with Gasteiger partial charge in [-0.05, 0) is 30.5 Å². The molecule has 2 rings (SSSR count). The van der Waals surface area contributed by atoms with E-state index in [1.807, 2.05) is 11.4 Å². The minimum Gasteiger partial charge on any atom is -0.390 e. The van der Waals surface area contributed by atoms with E-state index in [2.05, 4.69) is 26.0 Å². The van der Waals surface area contributed by atoms with Gasteiger partial charge in [0, 0.05) is 25.0 Å². The molecule has 0 atom stereocenters. The summed E-state index contributed by atoms with van der Waals surface area (Å²) >= 11 is 1.41. The zero-order chi connectivity index (χ0) is 14.2. The van der Waals surface area contributed by atoms with E-state index in [9.17, 15) is 4.79 Å². The van der Waals surface area contributed by atoms with Crippen LogP contribution in [-0.2, 0) is 0 Å². The lowest BCUT2D eigenvalue weighted by molar-refractivity contribution is 0.0830. The number of hydrogen-bond donors (Lipinski definition) is 1. The molecule has 1 aromatic heterocycles. The molecule has 0 saturated carbocycles. The van der Waals surface area contributed by atoms with Crippen molar-refractivity contribution in [2.24, 2.45) is 0 Å². The average Bonchev–Trinajstić information content (AvgIpc) is 2.73. The number of benzene rings is 1. The van der Waals surface area contributed by atoms with Gasteiger partial charge in [-0.3, -0.25) is 4.79 Å². The first-order valence-corrected chi connectivity index (χ1v) is 6.96. The van der Waals surface area contributed by atoms with Gasteiger partial charge in [0.1, 0.15) is 0 Å². The van der Waals surface area contributed by atoms with Crippen molar-refractivity contribution >= 4 is 22.2 Å². The van der Waals surface area contributed by atoms with Crippen LogP contribution in [0.2, 0.25) is 0 Å². The molecule has 0 bridgehead atoms. The topological polar surface area (TPSA) is 46.3 Å². The lowest BCUT2D eigenvalue weighted by Gasteiger charge is -2.12. The van der Waals surface area contributed by atoms with Gasteiger partial charge in [0.25, 0.3) is 5.91 Å². The minimum atomic E-state index is -0.0491. The highest BCUT2D eigenvalue weighted by Gasteiger charge is 2.20. The maximum absolute atomic E-state index is 12.2. The van der Waals surface area contributed by atoms with E-state index < -0.39 is 0 Å². The Morgan fingerprint density at radius 3 is 2.47 bits per heavy atom. The highest BCUT2D eigenvalue weighted by Crippen LogP contribution is 2.34. The monoisotopic (exact) mass is 274 g/mol. The first-order valence-electron chi connectivity index (χ1n) is 6.08. The van der Waals surface area contributed by atoms with Crippen LogP contribution < -0.4 is 5.73 Å². The van der Waals surface area contributed by atoms with E-state index in [-0.39, 0.29) is 5.91 Å². The lowest BCUT2D eigenvalue weighted by atomic mass is 9.99. The maximum Gasteiger partial charge on any atom is 0.256 e. The third-order valence-electron chi connectivity index (χ3n) is 3.26. The van der Waals surface area contributed by atoms with Crippen LogP contribution in [0.1, 0.15) is 21.5 Å². The predicted octanol–water partition coefficient (Wildman–Crippen LogP) is 3.32. The van der Waals surface area contributed by atoms with Gasteiger partial charge in [-0.15, -0.1) is 11.3 Å². The molecule has 4 heteroatoms. The number of carbonyl (C=O) groups excluding carboxylic acids is 1. The van der Waals surface area contributed by atoms with Crippen molar-refractivity contribution < 1.29 is 4.79 Å². The van der Waals surface area contributed by atoms with Gasteiger partial charge in [0.15, 0.2) is 0 Å². The second-order valence-corrected chi connectivity index (χ2v) is 5.80. The Kier molecular flexibility index (Phi) is 3.62. The summed E-state index contributed by atoms with van der Waals surface area (Å²) < 4.78 is 0. The molecule has 2 N–H and O–H groups in total. The highest BCUT2D eigenvalue weighted by atomic mass is 32.1. The Morgan fingerprint density at radius 1 is 1.21 bits per heavy atom. The SMILES string of the molecule is Cc1ccc(-c2csc(N)c2C(=O)N(C)C)cc1C. The van der Waals surface area contributed by atoms with Gasteiger partial charge in [-0.2, -0.15) is 0 Å². The molecule has 0 aliphatic heterocycles. The molecule has 100 valence electrons. The van der Waals surface area contributed by atoms with Crippen molar-refractivity contribution in [2.45, 2.75) is 13.8 Å². The first kappa shape index (κ1) is 13.6. The molecule has 2 aromatic rings. The zero-order valence-corrected chi connectivity index (χ0v) is 12.5. The second kappa shape index (κ2) is 5.05. The molecule has 1 aromatic carbocycles. The summed E-state index contributed by atoms with van der Waals surface area (Å²) in [4.78, 5) is 13.8. The maximum atomic E-state index is 12.2. The molecule has 1 heterocycles. The third kappa shape index (κ3) is 2.49. The van der Waals surface area contributed by atoms with Crippen molar-refractivity contribution in [3.8, 4) is 11.1 Å². The summed E-state index contributed by atoms with van der Waals surface area (Å²) in [6.45, 7) is 4.15. The molecule has 3 nitrogen and oxygen atoms in total. The number of aryl methyl sites for hydroxylation is 2. The van der Waals surface area contributed by atoms with E-state index in [0.29, 0.717) is 10.6 Å². The summed E-state index contributed by atoms with van der Waals surface area (Å²) in [5.74, 6) is -0.0491. The Morgan fingerprint density at radius 2 is 1.89 bits per heavy atom. The van der Waals surface area contributed by atoms with Crippen molar-refractivity contribution in [1.29, 1.82) is 0 Å². The van der Waals surface area contributed by atoms with Crippen molar-refractivity contribution in [3.63, 3.8) is 0 Å². The van der Waals surface area contributed by atoms with Crippen LogP contribution in [0.5, 0.6) is 0 Å². The number of rotatable bonds is 2. The first-order chi connectivity index (χ1) is 8.91. The van der Waals surface area contributed by atoms with E-state index in [4.69, 9.17) is 5.73 Å². The number of thiophene rings is 1. The van der Waals surface area contributed by atoms with Crippen LogP contribution in [0.25, 0.3) is 11.1 Å². The predicted molar refractivity (Wildman–Crippen MR) is 81.7 cm³/mol. The van der Waals surface area contributed by atoms with E-state index in [0.717, 1.165) is 11.1 Å². The Bertz CT molecular complexity index is 629. The quantitative estimate of drug-likeness (QED) is 0.913. The second-order valence-electron chi connectivity index (χ2n) is 4.89. The normalized spacial score (nSPS) is 10.5. The fourth-order valence-corrected chi connectivity index (χ4v) is 2.75. The summed E-state index contributed by atoms with van der Waals surface area (Å²) in [7, 11) is 3.48. The number of nitrogens with two attached hydrogens (primary N) is 1. The average molecular weight is 274 g/mol. The molecule has 1 amide bonds. The van der Waals surface area contributed by atoms with Crippen LogP contribution in [0.15, 0.2) is 23.6 Å². The van der Waals surface area contributed by atoms with Gasteiger partial charge < -0.3 is 10.6 Å². The van der Waals surface area contributed by atoms with Crippen LogP contribution in [0, 0.1) is 13.8 Å². The summed E-state index contributed by atoms with van der Waals surface area (Å²) in [5, 5.41) is 2.53. The fourth-order valence-electron chi connectivity index (χ4n) is 1.94. The molecular formula is C15H18N2OS. The molecule has 0 unspecified atom stereocenters. The molecular weight excluding hydrogens is 256 g/mol. The zero-order valence-electron chi connectivity index (χ0n) is 11.7. The van der Waals surface area contributed by atoms with Gasteiger partial charge >= 0.3 is 0 Å². The molecule has 0 spiro atoms. The van der Waals surface area contributed by atoms with E-state index in [1.165, 1.54) is 22.5 Å². The van der Waals surface area contributed by atoms with E-state index >= 15 is 0 Å². The molecule has 0 radical (unpaired) electrons. The van der Waals surface area contributed by atoms with Crippen LogP contribution in [-0.4, -0.2) is 24.9 Å². The Balaban J connectivity index is 2.57. The molecule has 0 saturated heterocycles. The fraction of sp³-hybridized carbons (Fsp3) is 0.267. The molecule has 0 aliphatic rings. The van der Waals surface area contributed by atoms with Gasteiger partial charge in [0.05, 0.1) is 10.6 Å². The summed E-state index contributed by atoms with van der Waals surface area (Å²) in [5.41, 5.74) is 11.0. The smallest absolute Gasteiger partial charge is 0.256 e. The third-order valence-corrected chi connectivity index (χ3v) is 4.07. The number of nitrogen functional groups attached to an aromatic ring is 1.